The van der Waals surface area contributed by atoms with E-state index < -0.39 is 0 Å². The average Bonchev–Trinajstić information content (AvgIpc) is 2.81. The molecule has 0 unspecified atom stereocenters. The Morgan fingerprint density at radius 1 is 1.41 bits per heavy atom. The molecule has 1 aromatic rings. The number of anilines is 1. The molecule has 1 N–H and O–H groups in total. The number of carbonyl (C=O) groups is 1. The van der Waals surface area contributed by atoms with Gasteiger partial charge in [0.25, 0.3) is 0 Å². The van der Waals surface area contributed by atoms with Crippen molar-refractivity contribution in [2.75, 3.05) is 25.0 Å². The maximum absolute atomic E-state index is 11.9. The molecular weight excluding hydrogens is 280 g/mol. The smallest absolute Gasteiger partial charge is 0.241 e. The first-order valence-electron chi connectivity index (χ1n) is 5.94. The van der Waals surface area contributed by atoms with Crippen LogP contribution < -0.4 is 5.32 Å². The molecular formula is C13H17BrN2O. The second-order valence-electron chi connectivity index (χ2n) is 4.40. The van der Waals surface area contributed by atoms with Crippen molar-refractivity contribution >= 4 is 27.5 Å². The highest BCUT2D eigenvalue weighted by Crippen LogP contribution is 2.20. The molecule has 0 atom stereocenters. The number of carbonyl (C=O) groups excluding carboxylic acids is 1. The van der Waals surface area contributed by atoms with E-state index in [9.17, 15) is 4.79 Å². The van der Waals surface area contributed by atoms with E-state index in [1.807, 2.05) is 30.0 Å². The Balaban J connectivity index is 1.90. The van der Waals surface area contributed by atoms with Crippen molar-refractivity contribution in [1.82, 2.24) is 4.90 Å². The Morgan fingerprint density at radius 3 is 2.76 bits per heavy atom. The first-order valence-corrected chi connectivity index (χ1v) is 6.74. The molecule has 0 saturated carbocycles. The van der Waals surface area contributed by atoms with Crippen LogP contribution in [0.15, 0.2) is 22.7 Å². The third kappa shape index (κ3) is 3.22. The molecule has 0 aliphatic carbocycles. The SMILES string of the molecule is Cc1cc(Br)ccc1NCC(=O)N1CCCC1. The van der Waals surface area contributed by atoms with Gasteiger partial charge in [0, 0.05) is 23.2 Å². The summed E-state index contributed by atoms with van der Waals surface area (Å²) in [6.45, 7) is 4.26. The van der Waals surface area contributed by atoms with Crippen molar-refractivity contribution in [1.29, 1.82) is 0 Å². The van der Waals surface area contributed by atoms with Crippen molar-refractivity contribution in [3.8, 4) is 0 Å². The van der Waals surface area contributed by atoms with E-state index in [4.69, 9.17) is 0 Å². The van der Waals surface area contributed by atoms with E-state index in [0.717, 1.165) is 41.7 Å². The maximum atomic E-state index is 11.9. The molecule has 1 amide bonds. The predicted molar refractivity (Wildman–Crippen MR) is 73.2 cm³/mol. The summed E-state index contributed by atoms with van der Waals surface area (Å²) in [5, 5.41) is 3.20. The number of nitrogens with zero attached hydrogens (tertiary/aromatic N) is 1. The van der Waals surface area contributed by atoms with Crippen molar-refractivity contribution in [2.24, 2.45) is 0 Å². The number of halogens is 1. The normalized spacial score (nSPS) is 15.1. The molecule has 1 aromatic carbocycles. The van der Waals surface area contributed by atoms with Gasteiger partial charge < -0.3 is 10.2 Å². The van der Waals surface area contributed by atoms with Crippen LogP contribution in [0.2, 0.25) is 0 Å². The minimum atomic E-state index is 0.199. The lowest BCUT2D eigenvalue weighted by molar-refractivity contribution is -0.128. The van der Waals surface area contributed by atoms with Gasteiger partial charge in [-0.2, -0.15) is 0 Å². The molecule has 0 spiro atoms. The fraction of sp³-hybridized carbons (Fsp3) is 0.462. The molecule has 0 bridgehead atoms. The fourth-order valence-corrected chi connectivity index (χ4v) is 2.55. The van der Waals surface area contributed by atoms with Gasteiger partial charge in [-0.25, -0.2) is 0 Å². The lowest BCUT2D eigenvalue weighted by atomic mass is 10.2. The van der Waals surface area contributed by atoms with E-state index in [-0.39, 0.29) is 5.91 Å². The Labute approximate surface area is 110 Å². The number of likely N-dealkylation sites (tertiary alicyclic amines) is 1. The lowest BCUT2D eigenvalue weighted by Gasteiger charge is -2.16. The Morgan fingerprint density at radius 2 is 2.12 bits per heavy atom. The maximum Gasteiger partial charge on any atom is 0.241 e. The molecule has 0 aromatic heterocycles. The summed E-state index contributed by atoms with van der Waals surface area (Å²) in [7, 11) is 0. The summed E-state index contributed by atoms with van der Waals surface area (Å²) in [6, 6.07) is 6.02. The van der Waals surface area contributed by atoms with Gasteiger partial charge in [0.2, 0.25) is 5.91 Å². The van der Waals surface area contributed by atoms with Crippen LogP contribution in [-0.4, -0.2) is 30.4 Å². The van der Waals surface area contributed by atoms with Crippen LogP contribution in [0.25, 0.3) is 0 Å². The molecule has 1 aliphatic heterocycles. The highest BCUT2D eigenvalue weighted by atomic mass is 79.9. The molecule has 1 saturated heterocycles. The van der Waals surface area contributed by atoms with Crippen molar-refractivity contribution in [3.05, 3.63) is 28.2 Å². The first-order chi connectivity index (χ1) is 8.16. The van der Waals surface area contributed by atoms with Crippen LogP contribution in [0.4, 0.5) is 5.69 Å². The number of amides is 1. The quantitative estimate of drug-likeness (QED) is 0.930. The van der Waals surface area contributed by atoms with E-state index >= 15 is 0 Å². The molecule has 1 fully saturated rings. The van der Waals surface area contributed by atoms with Gasteiger partial charge in [0.05, 0.1) is 6.54 Å². The van der Waals surface area contributed by atoms with E-state index in [2.05, 4.69) is 21.2 Å². The minimum Gasteiger partial charge on any atom is -0.376 e. The zero-order chi connectivity index (χ0) is 12.3. The van der Waals surface area contributed by atoms with Crippen LogP contribution in [0.1, 0.15) is 18.4 Å². The average molecular weight is 297 g/mol. The highest BCUT2D eigenvalue weighted by molar-refractivity contribution is 9.10. The number of nitrogens with one attached hydrogen (secondary N) is 1. The topological polar surface area (TPSA) is 32.3 Å². The summed E-state index contributed by atoms with van der Waals surface area (Å²) in [6.07, 6.45) is 2.28. The molecule has 1 aliphatic rings. The summed E-state index contributed by atoms with van der Waals surface area (Å²) in [5.41, 5.74) is 2.18. The van der Waals surface area contributed by atoms with E-state index in [1.165, 1.54) is 0 Å². The van der Waals surface area contributed by atoms with Gasteiger partial charge in [0.15, 0.2) is 0 Å². The van der Waals surface area contributed by atoms with E-state index in [0.29, 0.717) is 6.54 Å². The van der Waals surface area contributed by atoms with Crippen LogP contribution in [-0.2, 0) is 4.79 Å². The van der Waals surface area contributed by atoms with E-state index in [1.54, 1.807) is 0 Å². The van der Waals surface area contributed by atoms with Gasteiger partial charge in [-0.1, -0.05) is 15.9 Å². The first kappa shape index (κ1) is 12.4. The van der Waals surface area contributed by atoms with Gasteiger partial charge in [-0.15, -0.1) is 0 Å². The zero-order valence-electron chi connectivity index (χ0n) is 10.0. The predicted octanol–water partition coefficient (Wildman–Crippen LogP) is 2.79. The number of hydrogen-bond donors (Lipinski definition) is 1. The summed E-state index contributed by atoms with van der Waals surface area (Å²) >= 11 is 3.43. The number of aryl methyl sites for hydroxylation is 1. The van der Waals surface area contributed by atoms with Crippen LogP contribution in [0.3, 0.4) is 0 Å². The third-order valence-corrected chi connectivity index (χ3v) is 3.57. The van der Waals surface area contributed by atoms with Crippen LogP contribution >= 0.6 is 15.9 Å². The zero-order valence-corrected chi connectivity index (χ0v) is 11.6. The molecule has 3 nitrogen and oxygen atoms in total. The van der Waals surface area contributed by atoms with Gasteiger partial charge in [0.1, 0.15) is 0 Å². The Bertz CT molecular complexity index is 414. The van der Waals surface area contributed by atoms with Crippen molar-refractivity contribution < 1.29 is 4.79 Å². The standard InChI is InChI=1S/C13H17BrN2O/c1-10-8-11(14)4-5-12(10)15-9-13(17)16-6-2-3-7-16/h4-5,8,15H,2-3,6-7,9H2,1H3. The summed E-state index contributed by atoms with van der Waals surface area (Å²) in [4.78, 5) is 13.8. The fourth-order valence-electron chi connectivity index (χ4n) is 2.07. The van der Waals surface area contributed by atoms with Gasteiger partial charge in [-0.05, 0) is 43.5 Å². The molecule has 1 heterocycles. The largest absolute Gasteiger partial charge is 0.376 e. The highest BCUT2D eigenvalue weighted by Gasteiger charge is 2.17. The monoisotopic (exact) mass is 296 g/mol. The molecule has 2 rings (SSSR count). The Hall–Kier alpha value is -1.03. The summed E-state index contributed by atoms with van der Waals surface area (Å²) < 4.78 is 1.06. The van der Waals surface area contributed by atoms with Gasteiger partial charge >= 0.3 is 0 Å². The van der Waals surface area contributed by atoms with Crippen LogP contribution in [0, 0.1) is 6.92 Å². The number of rotatable bonds is 3. The second kappa shape index (κ2) is 5.54. The van der Waals surface area contributed by atoms with Crippen LogP contribution in [0.5, 0.6) is 0 Å². The number of benzene rings is 1. The minimum absolute atomic E-state index is 0.199. The molecule has 0 radical (unpaired) electrons. The molecule has 17 heavy (non-hydrogen) atoms. The van der Waals surface area contributed by atoms with Crippen molar-refractivity contribution in [3.63, 3.8) is 0 Å². The lowest BCUT2D eigenvalue weighted by Crippen LogP contribution is -2.33. The molecule has 4 heteroatoms. The molecule has 92 valence electrons. The Kier molecular flexibility index (Phi) is 4.05. The van der Waals surface area contributed by atoms with Crippen molar-refractivity contribution in [2.45, 2.75) is 19.8 Å². The second-order valence-corrected chi connectivity index (χ2v) is 5.32. The third-order valence-electron chi connectivity index (χ3n) is 3.08. The number of hydrogen-bond acceptors (Lipinski definition) is 2. The van der Waals surface area contributed by atoms with Gasteiger partial charge in [-0.3, -0.25) is 4.79 Å². The summed E-state index contributed by atoms with van der Waals surface area (Å²) in [5.74, 6) is 0.199.